The van der Waals surface area contributed by atoms with Crippen LogP contribution in [0.15, 0.2) is 0 Å². The molecule has 0 aliphatic heterocycles. The molecule has 0 fully saturated rings. The molecule has 0 saturated carbocycles. The maximum atomic E-state index is 8.93. The number of hydrogen-bond acceptors (Lipinski definition) is 12. The molecule has 0 aromatic rings. The molecule has 0 aromatic carbocycles. The Hall–Kier alpha value is -2.53. The van der Waals surface area contributed by atoms with Crippen molar-refractivity contribution in [3.05, 3.63) is 0 Å². The molecule has 0 aliphatic carbocycles. The van der Waals surface area contributed by atoms with Gasteiger partial charge in [-0.2, -0.15) is 0 Å². The maximum absolute atomic E-state index is 8.93. The summed E-state index contributed by atoms with van der Waals surface area (Å²) < 4.78 is 0. The summed E-state index contributed by atoms with van der Waals surface area (Å²) in [5.41, 5.74) is 0. The van der Waals surface area contributed by atoms with E-state index in [2.05, 4.69) is 0 Å². The molecule has 14 heteroatoms. The zero-order valence-electron chi connectivity index (χ0n) is 8.81. The van der Waals surface area contributed by atoms with Crippen molar-refractivity contribution >= 4 is 35.8 Å². The number of carbonyl (C=O) groups excluding carboxylic acids is 6. The van der Waals surface area contributed by atoms with Crippen molar-refractivity contribution in [1.82, 2.24) is 0 Å². The predicted molar refractivity (Wildman–Crippen MR) is 33.7 cm³/mol. The molecule has 0 spiro atoms. The Labute approximate surface area is 122 Å². The van der Waals surface area contributed by atoms with E-state index in [4.69, 9.17) is 59.4 Å². The molecule has 0 atom stereocenters. The van der Waals surface area contributed by atoms with E-state index in [1.807, 2.05) is 0 Å². The van der Waals surface area contributed by atoms with Crippen molar-refractivity contribution in [3.8, 4) is 0 Å². The van der Waals surface area contributed by atoms with Crippen LogP contribution in [-0.2, 0) is 49.8 Å². The Morgan fingerprint density at radius 1 is 0.400 bits per heavy atom. The van der Waals surface area contributed by atoms with Gasteiger partial charge in [0, 0.05) is 21.1 Å². The number of carboxylic acids is 6. The summed E-state index contributed by atoms with van der Waals surface area (Å²) in [5.74, 6) is -13.1. The molecule has 2 N–H and O–H groups in total. The van der Waals surface area contributed by atoms with E-state index < -0.39 is 35.8 Å². The minimum Gasteiger partial charge on any atom is -0.543 e. The Bertz CT molecular complexity index is 278. The van der Waals surface area contributed by atoms with E-state index in [1.54, 1.807) is 0 Å². The average Bonchev–Trinajstić information content (AvgIpc) is 2.18. The van der Waals surface area contributed by atoms with Crippen LogP contribution in [0.4, 0.5) is 0 Å². The summed E-state index contributed by atoms with van der Waals surface area (Å²) in [5, 5.41) is 53.6. The fourth-order valence-corrected chi connectivity index (χ4v) is 0. The molecule has 0 aromatic heterocycles. The summed E-state index contributed by atoms with van der Waals surface area (Å²) in [6.07, 6.45) is 0. The number of hydrogen-bond donors (Lipinski definition) is 0. The smallest absolute Gasteiger partial charge is 0.0870 e. The third kappa shape index (κ3) is 36.1. The molecule has 0 saturated heterocycles. The van der Waals surface area contributed by atoms with Crippen molar-refractivity contribution in [2.24, 2.45) is 0 Å². The Kier molecular flexibility index (Phi) is 25.1. The van der Waals surface area contributed by atoms with E-state index in [9.17, 15) is 0 Å². The Morgan fingerprint density at radius 2 is 0.450 bits per heavy atom. The number of carbonyl (C=O) groups is 6. The number of rotatable bonds is 0. The van der Waals surface area contributed by atoms with Gasteiger partial charge in [0.1, 0.15) is 0 Å². The predicted octanol–water partition coefficient (Wildman–Crippen LogP) is -11.4. The van der Waals surface area contributed by atoms with E-state index in [-0.39, 0.29) is 26.5 Å². The summed E-state index contributed by atoms with van der Waals surface area (Å²) in [7, 11) is 0. The van der Waals surface area contributed by atoms with Gasteiger partial charge in [-0.25, -0.2) is 0 Å². The van der Waals surface area contributed by atoms with Crippen molar-refractivity contribution in [1.29, 1.82) is 0 Å². The summed E-state index contributed by atoms with van der Waals surface area (Å²) >= 11 is 0. The molecule has 0 radical (unpaired) electrons. The normalized spacial score (nSPS) is 6.60. The zero-order chi connectivity index (χ0) is 15.5. The van der Waals surface area contributed by atoms with E-state index >= 15 is 0 Å². The summed E-state index contributed by atoms with van der Waals surface area (Å²) in [4.78, 5) is 53.6. The molecule has 0 unspecified atom stereocenters. The van der Waals surface area contributed by atoms with E-state index in [0.29, 0.717) is 0 Å². The second-order valence-electron chi connectivity index (χ2n) is 1.72. The maximum Gasteiger partial charge on any atom is 0.0870 e. The zero-order valence-corrected chi connectivity index (χ0v) is 10.8. The Balaban J connectivity index is -0.0000000536. The summed E-state index contributed by atoms with van der Waals surface area (Å²) in [6.45, 7) is 0. The third-order valence-electron chi connectivity index (χ3n) is 0.500. The topological polar surface area (TPSA) is 272 Å². The largest absolute Gasteiger partial charge is 0.543 e. The standard InChI is InChI=1S/3C2H2O4.Mo.H2O/c3*3-1(4)2(5)6;;/h3*(H,3,4)(H,5,6);;1H2/p-6. The molecule has 0 heterocycles. The van der Waals surface area contributed by atoms with Crippen molar-refractivity contribution in [3.63, 3.8) is 0 Å². The van der Waals surface area contributed by atoms with Crippen LogP contribution in [0.3, 0.4) is 0 Å². The summed E-state index contributed by atoms with van der Waals surface area (Å²) in [6, 6.07) is 0. The van der Waals surface area contributed by atoms with Crippen molar-refractivity contribution < 1.29 is 85.9 Å². The monoisotopic (exact) mass is 380 g/mol. The molecular formula is C6H2MoO13-6. The second-order valence-corrected chi connectivity index (χ2v) is 1.72. The van der Waals surface area contributed by atoms with E-state index in [0.717, 1.165) is 0 Å². The van der Waals surface area contributed by atoms with Crippen LogP contribution in [0, 0.1) is 0 Å². The third-order valence-corrected chi connectivity index (χ3v) is 0.500. The first-order valence-electron chi connectivity index (χ1n) is 3.20. The van der Waals surface area contributed by atoms with Gasteiger partial charge in [0.25, 0.3) is 0 Å². The van der Waals surface area contributed by atoms with Gasteiger partial charge in [-0.1, -0.05) is 0 Å². The first-order chi connectivity index (χ1) is 7.93. The minimum atomic E-state index is -2.19. The minimum absolute atomic E-state index is 0. The quantitative estimate of drug-likeness (QED) is 0.280. The molecule has 13 nitrogen and oxygen atoms in total. The van der Waals surface area contributed by atoms with Crippen LogP contribution >= 0.6 is 0 Å². The van der Waals surface area contributed by atoms with Crippen LogP contribution in [0.2, 0.25) is 0 Å². The molecule has 20 heavy (non-hydrogen) atoms. The molecule has 0 amide bonds. The SMILES string of the molecule is O.O=C([O-])C(=O)[O-].O=C([O-])C(=O)[O-].O=C([O-])C(=O)[O-].[Mo]. The molecule has 0 rings (SSSR count). The van der Waals surface area contributed by atoms with Gasteiger partial charge < -0.3 is 64.9 Å². The molecular weight excluding hydrogens is 376 g/mol. The molecule has 116 valence electrons. The van der Waals surface area contributed by atoms with Gasteiger partial charge in [-0.15, -0.1) is 0 Å². The molecule has 0 bridgehead atoms. The second kappa shape index (κ2) is 16.5. The van der Waals surface area contributed by atoms with Crippen LogP contribution in [0.5, 0.6) is 0 Å². The molecule has 0 aliphatic rings. The van der Waals surface area contributed by atoms with Gasteiger partial charge in [-0.05, 0) is 0 Å². The van der Waals surface area contributed by atoms with Gasteiger partial charge >= 0.3 is 0 Å². The fraction of sp³-hybridized carbons (Fsp3) is 0. The number of aliphatic carboxylic acids is 6. The Morgan fingerprint density at radius 3 is 0.450 bits per heavy atom. The number of carboxylic acid groups (broad SMARTS) is 6. The van der Waals surface area contributed by atoms with Gasteiger partial charge in [-0.3, -0.25) is 0 Å². The fourth-order valence-electron chi connectivity index (χ4n) is 0. The van der Waals surface area contributed by atoms with Gasteiger partial charge in [0.15, 0.2) is 0 Å². The average molecular weight is 378 g/mol. The van der Waals surface area contributed by atoms with Crippen molar-refractivity contribution in [2.75, 3.05) is 0 Å². The van der Waals surface area contributed by atoms with Crippen LogP contribution in [-0.4, -0.2) is 41.3 Å². The van der Waals surface area contributed by atoms with Crippen molar-refractivity contribution in [2.45, 2.75) is 0 Å². The van der Waals surface area contributed by atoms with Gasteiger partial charge in [0.2, 0.25) is 0 Å². The van der Waals surface area contributed by atoms with E-state index in [1.165, 1.54) is 0 Å². The first kappa shape index (κ1) is 30.5. The van der Waals surface area contributed by atoms with Crippen LogP contribution < -0.4 is 30.6 Å². The first-order valence-corrected chi connectivity index (χ1v) is 3.20. The van der Waals surface area contributed by atoms with Crippen LogP contribution in [0.1, 0.15) is 0 Å². The van der Waals surface area contributed by atoms with Gasteiger partial charge in [0.05, 0.1) is 35.8 Å². The van der Waals surface area contributed by atoms with Crippen LogP contribution in [0.25, 0.3) is 0 Å².